The van der Waals surface area contributed by atoms with Crippen LogP contribution in [0.1, 0.15) is 30.5 Å². The third-order valence-corrected chi connectivity index (χ3v) is 5.63. The molecule has 3 heterocycles. The molecule has 148 valence electrons. The van der Waals surface area contributed by atoms with Gasteiger partial charge in [-0.05, 0) is 68.4 Å². The number of oxazole rings is 1. The van der Waals surface area contributed by atoms with E-state index in [-0.39, 0.29) is 11.4 Å². The lowest BCUT2D eigenvalue weighted by molar-refractivity contribution is 0.251. The summed E-state index contributed by atoms with van der Waals surface area (Å²) in [6, 6.07) is 6.18. The van der Waals surface area contributed by atoms with Crippen LogP contribution in [-0.4, -0.2) is 40.0 Å². The molecular formula is C22H20F2N4O. The fourth-order valence-corrected chi connectivity index (χ4v) is 4.01. The summed E-state index contributed by atoms with van der Waals surface area (Å²) in [5.74, 6) is 0.394. The van der Waals surface area contributed by atoms with Crippen LogP contribution >= 0.6 is 0 Å². The number of aromatic nitrogens is 3. The molecule has 7 heteroatoms. The van der Waals surface area contributed by atoms with Crippen LogP contribution in [0, 0.1) is 18.6 Å². The first-order valence-corrected chi connectivity index (χ1v) is 9.70. The third-order valence-electron chi connectivity index (χ3n) is 5.63. The Morgan fingerprint density at radius 1 is 0.966 bits per heavy atom. The minimum atomic E-state index is -0.497. The van der Waals surface area contributed by atoms with Gasteiger partial charge in [0.25, 0.3) is 0 Å². The highest BCUT2D eigenvalue weighted by Gasteiger charge is 2.22. The Morgan fingerprint density at radius 3 is 2.41 bits per heavy atom. The average Bonchev–Trinajstić information content (AvgIpc) is 3.09. The second-order valence-corrected chi connectivity index (χ2v) is 7.74. The van der Waals surface area contributed by atoms with Crippen LogP contribution in [-0.2, 0) is 0 Å². The lowest BCUT2D eigenvalue weighted by Gasteiger charge is -2.27. The highest BCUT2D eigenvalue weighted by molar-refractivity contribution is 5.87. The Labute approximate surface area is 166 Å². The standard InChI is InChI=1S/C22H20F2N4O/c1-12-26-21-18(24)9-15(10-19(21)29-12)14-7-16-11-25-22(27-20(16)17(23)8-14)13-3-5-28(2)6-4-13/h7-11,13H,3-6H2,1-2H3. The summed E-state index contributed by atoms with van der Waals surface area (Å²) in [7, 11) is 2.10. The topological polar surface area (TPSA) is 55.1 Å². The van der Waals surface area contributed by atoms with Crippen molar-refractivity contribution in [2.45, 2.75) is 25.7 Å². The zero-order valence-electron chi connectivity index (χ0n) is 16.2. The quantitative estimate of drug-likeness (QED) is 0.487. The lowest BCUT2D eigenvalue weighted by atomic mass is 9.96. The van der Waals surface area contributed by atoms with Crippen molar-refractivity contribution >= 4 is 22.0 Å². The van der Waals surface area contributed by atoms with Crippen LogP contribution in [0.3, 0.4) is 0 Å². The second-order valence-electron chi connectivity index (χ2n) is 7.74. The van der Waals surface area contributed by atoms with E-state index in [1.807, 2.05) is 0 Å². The van der Waals surface area contributed by atoms with E-state index in [1.54, 1.807) is 25.3 Å². The number of hydrogen-bond donors (Lipinski definition) is 0. The Morgan fingerprint density at radius 2 is 1.66 bits per heavy atom. The SMILES string of the molecule is Cc1nc2c(F)cc(-c3cc(F)c4nc(C5CCN(C)CC5)ncc4c3)cc2o1. The Kier molecular flexibility index (Phi) is 4.28. The number of halogens is 2. The van der Waals surface area contributed by atoms with E-state index in [1.165, 1.54) is 12.1 Å². The van der Waals surface area contributed by atoms with Crippen LogP contribution in [0.2, 0.25) is 0 Å². The van der Waals surface area contributed by atoms with Gasteiger partial charge in [-0.2, -0.15) is 0 Å². The van der Waals surface area contributed by atoms with Crippen LogP contribution in [0.4, 0.5) is 8.78 Å². The first-order valence-electron chi connectivity index (χ1n) is 9.70. The number of likely N-dealkylation sites (tertiary alicyclic amines) is 1. The Bertz CT molecular complexity index is 1230. The summed E-state index contributed by atoms with van der Waals surface area (Å²) in [4.78, 5) is 15.3. The van der Waals surface area contributed by atoms with Crippen molar-refractivity contribution in [3.8, 4) is 11.1 Å². The number of piperidine rings is 1. The van der Waals surface area contributed by atoms with Gasteiger partial charge in [0.05, 0.1) is 0 Å². The van der Waals surface area contributed by atoms with E-state index in [0.29, 0.717) is 39.3 Å². The molecule has 0 bridgehead atoms. The van der Waals surface area contributed by atoms with Gasteiger partial charge in [-0.1, -0.05) is 0 Å². The van der Waals surface area contributed by atoms with Gasteiger partial charge in [0, 0.05) is 24.4 Å². The first kappa shape index (κ1) is 18.1. The van der Waals surface area contributed by atoms with Crippen LogP contribution < -0.4 is 0 Å². The Balaban J connectivity index is 1.56. The minimum Gasteiger partial charge on any atom is -0.441 e. The molecule has 0 saturated carbocycles. The highest BCUT2D eigenvalue weighted by atomic mass is 19.1. The fraction of sp³-hybridized carbons (Fsp3) is 0.318. The van der Waals surface area contributed by atoms with Crippen molar-refractivity contribution < 1.29 is 13.2 Å². The van der Waals surface area contributed by atoms with E-state index in [2.05, 4.69) is 26.9 Å². The number of nitrogens with zero attached hydrogens (tertiary/aromatic N) is 4. The first-order chi connectivity index (χ1) is 14.0. The van der Waals surface area contributed by atoms with Crippen LogP contribution in [0.25, 0.3) is 33.1 Å². The maximum atomic E-state index is 14.9. The molecule has 2 aromatic heterocycles. The van der Waals surface area contributed by atoms with E-state index in [4.69, 9.17) is 4.42 Å². The minimum absolute atomic E-state index is 0.179. The second kappa shape index (κ2) is 6.84. The molecule has 0 spiro atoms. The third kappa shape index (κ3) is 3.25. The molecule has 1 fully saturated rings. The van der Waals surface area contributed by atoms with E-state index >= 15 is 0 Å². The van der Waals surface area contributed by atoms with Gasteiger partial charge >= 0.3 is 0 Å². The number of fused-ring (bicyclic) bond motifs is 2. The summed E-state index contributed by atoms with van der Waals surface area (Å²) >= 11 is 0. The molecule has 29 heavy (non-hydrogen) atoms. The smallest absolute Gasteiger partial charge is 0.192 e. The van der Waals surface area contributed by atoms with Gasteiger partial charge in [-0.15, -0.1) is 0 Å². The summed E-state index contributed by atoms with van der Waals surface area (Å²) in [5, 5.41) is 0.589. The van der Waals surface area contributed by atoms with Crippen molar-refractivity contribution in [2.24, 2.45) is 0 Å². The molecular weight excluding hydrogens is 374 g/mol. The Hall–Kier alpha value is -2.93. The summed E-state index contributed by atoms with van der Waals surface area (Å²) in [5.41, 5.74) is 1.88. The molecule has 4 aromatic rings. The maximum absolute atomic E-state index is 14.9. The van der Waals surface area contributed by atoms with Crippen molar-refractivity contribution in [1.29, 1.82) is 0 Å². The van der Waals surface area contributed by atoms with Gasteiger partial charge in [-0.25, -0.2) is 23.7 Å². The lowest BCUT2D eigenvalue weighted by Crippen LogP contribution is -2.29. The summed E-state index contributed by atoms with van der Waals surface area (Å²) in [6.45, 7) is 3.64. The molecule has 0 radical (unpaired) electrons. The summed E-state index contributed by atoms with van der Waals surface area (Å²) in [6.07, 6.45) is 3.60. The fourth-order valence-electron chi connectivity index (χ4n) is 4.01. The molecule has 1 aliphatic heterocycles. The van der Waals surface area contributed by atoms with Gasteiger partial charge in [-0.3, -0.25) is 0 Å². The zero-order chi connectivity index (χ0) is 20.1. The van der Waals surface area contributed by atoms with Crippen molar-refractivity contribution in [3.05, 3.63) is 53.8 Å². The summed E-state index contributed by atoms with van der Waals surface area (Å²) < 4.78 is 34.8. The van der Waals surface area contributed by atoms with Gasteiger partial charge < -0.3 is 9.32 Å². The van der Waals surface area contributed by atoms with E-state index in [0.717, 1.165) is 25.9 Å². The molecule has 1 aliphatic rings. The highest BCUT2D eigenvalue weighted by Crippen LogP contribution is 2.32. The predicted molar refractivity (Wildman–Crippen MR) is 107 cm³/mol. The molecule has 0 N–H and O–H groups in total. The number of hydrogen-bond acceptors (Lipinski definition) is 5. The normalized spacial score (nSPS) is 16.1. The molecule has 0 aliphatic carbocycles. The van der Waals surface area contributed by atoms with Crippen molar-refractivity contribution in [3.63, 3.8) is 0 Å². The number of rotatable bonds is 2. The largest absolute Gasteiger partial charge is 0.441 e. The monoisotopic (exact) mass is 394 g/mol. The van der Waals surface area contributed by atoms with Crippen LogP contribution in [0.15, 0.2) is 34.9 Å². The molecule has 1 saturated heterocycles. The predicted octanol–water partition coefficient (Wildman–Crippen LogP) is 4.83. The average molecular weight is 394 g/mol. The zero-order valence-corrected chi connectivity index (χ0v) is 16.2. The number of aryl methyl sites for hydroxylation is 1. The van der Waals surface area contributed by atoms with Crippen molar-refractivity contribution in [2.75, 3.05) is 20.1 Å². The molecule has 0 atom stereocenters. The van der Waals surface area contributed by atoms with E-state index < -0.39 is 11.6 Å². The molecule has 0 unspecified atom stereocenters. The van der Waals surface area contributed by atoms with E-state index in [9.17, 15) is 8.78 Å². The van der Waals surface area contributed by atoms with Crippen molar-refractivity contribution in [1.82, 2.24) is 19.9 Å². The van der Waals surface area contributed by atoms with Gasteiger partial charge in [0.15, 0.2) is 17.3 Å². The molecule has 0 amide bonds. The van der Waals surface area contributed by atoms with Gasteiger partial charge in [0.1, 0.15) is 22.7 Å². The maximum Gasteiger partial charge on any atom is 0.192 e. The molecule has 2 aromatic carbocycles. The van der Waals surface area contributed by atoms with Gasteiger partial charge in [0.2, 0.25) is 0 Å². The van der Waals surface area contributed by atoms with Crippen LogP contribution in [0.5, 0.6) is 0 Å². The number of benzene rings is 2. The molecule has 5 nitrogen and oxygen atoms in total. The molecule has 5 rings (SSSR count).